The minimum Gasteiger partial charge on any atom is -0.377 e. The van der Waals surface area contributed by atoms with Crippen LogP contribution >= 0.6 is 11.6 Å². The first kappa shape index (κ1) is 14.4. The molecule has 4 atom stereocenters. The molecule has 2 fully saturated rings. The molecule has 3 unspecified atom stereocenters. The summed E-state index contributed by atoms with van der Waals surface area (Å²) in [4.78, 5) is 0. The van der Waals surface area contributed by atoms with Crippen LogP contribution in [0.4, 0.5) is 0 Å². The first-order chi connectivity index (χ1) is 9.50. The van der Waals surface area contributed by atoms with E-state index in [1.165, 1.54) is 18.4 Å². The Morgan fingerprint density at radius 3 is 2.95 bits per heavy atom. The Labute approximate surface area is 126 Å². The summed E-state index contributed by atoms with van der Waals surface area (Å²) in [6.45, 7) is 7.80. The van der Waals surface area contributed by atoms with E-state index in [2.05, 4.69) is 38.2 Å². The van der Waals surface area contributed by atoms with Crippen LogP contribution in [0.2, 0.25) is 5.02 Å². The molecule has 1 N–H and O–H groups in total. The highest BCUT2D eigenvalue weighted by Gasteiger charge is 2.57. The highest BCUT2D eigenvalue weighted by atomic mass is 35.5. The van der Waals surface area contributed by atoms with Gasteiger partial charge in [0.2, 0.25) is 0 Å². The van der Waals surface area contributed by atoms with Crippen molar-refractivity contribution in [1.29, 1.82) is 0 Å². The molecule has 0 aromatic heterocycles. The minimum atomic E-state index is 0.220. The molecule has 0 bridgehead atoms. The molecule has 3 rings (SSSR count). The van der Waals surface area contributed by atoms with Gasteiger partial charge in [0, 0.05) is 35.0 Å². The maximum Gasteiger partial charge on any atom is 0.0684 e. The third-order valence-corrected chi connectivity index (χ3v) is 5.34. The average molecular weight is 294 g/mol. The van der Waals surface area contributed by atoms with Crippen LogP contribution in [-0.2, 0) is 4.74 Å². The lowest BCUT2D eigenvalue weighted by Crippen LogP contribution is -2.69. The molecule has 1 saturated carbocycles. The molecular weight excluding hydrogens is 270 g/mol. The molecule has 0 spiro atoms. The Hall–Kier alpha value is -0.570. The third-order valence-electron chi connectivity index (χ3n) is 5.11. The van der Waals surface area contributed by atoms with Gasteiger partial charge in [0.15, 0.2) is 0 Å². The number of hydrogen-bond donors (Lipinski definition) is 1. The topological polar surface area (TPSA) is 21.3 Å². The van der Waals surface area contributed by atoms with Gasteiger partial charge in [0.05, 0.1) is 6.10 Å². The number of fused-ring (bicyclic) bond motifs is 1. The van der Waals surface area contributed by atoms with E-state index in [0.29, 0.717) is 24.1 Å². The lowest BCUT2D eigenvalue weighted by molar-refractivity contribution is -0.194. The number of ether oxygens (including phenoxy) is 1. The fraction of sp³-hybridized carbons (Fsp3) is 0.647. The Bertz CT molecular complexity index is 488. The second-order valence-corrected chi connectivity index (χ2v) is 7.28. The largest absolute Gasteiger partial charge is 0.377 e. The van der Waals surface area contributed by atoms with Crippen LogP contribution in [0.3, 0.4) is 0 Å². The van der Waals surface area contributed by atoms with Crippen molar-refractivity contribution >= 4 is 11.6 Å². The van der Waals surface area contributed by atoms with E-state index >= 15 is 0 Å². The van der Waals surface area contributed by atoms with Gasteiger partial charge in [0.25, 0.3) is 0 Å². The van der Waals surface area contributed by atoms with Gasteiger partial charge in [-0.15, -0.1) is 0 Å². The molecule has 0 radical (unpaired) electrons. The summed E-state index contributed by atoms with van der Waals surface area (Å²) < 4.78 is 5.97. The number of rotatable bonds is 3. The Morgan fingerprint density at radius 2 is 2.20 bits per heavy atom. The minimum absolute atomic E-state index is 0.220. The van der Waals surface area contributed by atoms with Crippen LogP contribution in [0.25, 0.3) is 0 Å². The SMILES string of the molecule is C[C@@H](NC1C2CCCOC2C1(C)C)c1cccc(Cl)c1. The van der Waals surface area contributed by atoms with Gasteiger partial charge in [-0.1, -0.05) is 37.6 Å². The maximum absolute atomic E-state index is 6.09. The number of benzene rings is 1. The van der Waals surface area contributed by atoms with Gasteiger partial charge < -0.3 is 10.1 Å². The highest BCUT2D eigenvalue weighted by molar-refractivity contribution is 6.30. The van der Waals surface area contributed by atoms with E-state index in [4.69, 9.17) is 16.3 Å². The smallest absolute Gasteiger partial charge is 0.0684 e. The monoisotopic (exact) mass is 293 g/mol. The number of nitrogens with one attached hydrogen (secondary N) is 1. The molecule has 1 heterocycles. The molecule has 1 saturated heterocycles. The first-order valence-electron chi connectivity index (χ1n) is 7.63. The van der Waals surface area contributed by atoms with Gasteiger partial charge in [-0.25, -0.2) is 0 Å². The van der Waals surface area contributed by atoms with E-state index in [1.54, 1.807) is 0 Å². The molecule has 0 amide bonds. The first-order valence-corrected chi connectivity index (χ1v) is 8.01. The molecule has 1 aromatic rings. The summed E-state index contributed by atoms with van der Waals surface area (Å²) in [6, 6.07) is 9.00. The fourth-order valence-electron chi connectivity index (χ4n) is 4.00. The van der Waals surface area contributed by atoms with E-state index in [9.17, 15) is 0 Å². The van der Waals surface area contributed by atoms with Crippen molar-refractivity contribution < 1.29 is 4.74 Å². The molecule has 110 valence electrons. The molecule has 1 aromatic carbocycles. The third kappa shape index (κ3) is 2.38. The van der Waals surface area contributed by atoms with Gasteiger partial charge in [-0.05, 0) is 37.5 Å². The van der Waals surface area contributed by atoms with Crippen LogP contribution in [-0.4, -0.2) is 18.8 Å². The zero-order chi connectivity index (χ0) is 14.3. The van der Waals surface area contributed by atoms with Crippen molar-refractivity contribution in [1.82, 2.24) is 5.32 Å². The number of hydrogen-bond acceptors (Lipinski definition) is 2. The van der Waals surface area contributed by atoms with Crippen molar-refractivity contribution in [3.8, 4) is 0 Å². The second-order valence-electron chi connectivity index (χ2n) is 6.84. The summed E-state index contributed by atoms with van der Waals surface area (Å²) in [6.07, 6.45) is 2.91. The predicted octanol–water partition coefficient (Wildman–Crippen LogP) is 4.19. The van der Waals surface area contributed by atoms with Crippen molar-refractivity contribution in [3.63, 3.8) is 0 Å². The molecule has 20 heavy (non-hydrogen) atoms. The summed E-state index contributed by atoms with van der Waals surface area (Å²) in [5.41, 5.74) is 1.48. The molecule has 1 aliphatic heterocycles. The lowest BCUT2D eigenvalue weighted by atomic mass is 9.55. The highest BCUT2D eigenvalue weighted by Crippen LogP contribution is 2.51. The Balaban J connectivity index is 1.71. The second kappa shape index (κ2) is 5.32. The quantitative estimate of drug-likeness (QED) is 0.902. The lowest BCUT2D eigenvalue weighted by Gasteiger charge is -2.60. The molecular formula is C17H24ClNO. The fourth-order valence-corrected chi connectivity index (χ4v) is 4.20. The Kier molecular flexibility index (Phi) is 3.83. The predicted molar refractivity (Wildman–Crippen MR) is 83.0 cm³/mol. The van der Waals surface area contributed by atoms with Crippen molar-refractivity contribution in [2.24, 2.45) is 11.3 Å². The van der Waals surface area contributed by atoms with Crippen molar-refractivity contribution in [2.45, 2.75) is 51.8 Å². The Morgan fingerprint density at radius 1 is 1.40 bits per heavy atom. The summed E-state index contributed by atoms with van der Waals surface area (Å²) in [5.74, 6) is 0.667. The van der Waals surface area contributed by atoms with Gasteiger partial charge in [0.1, 0.15) is 0 Å². The summed E-state index contributed by atoms with van der Waals surface area (Å²) in [5, 5.41) is 4.62. The number of halogens is 1. The maximum atomic E-state index is 6.09. The van der Waals surface area contributed by atoms with Crippen molar-refractivity contribution in [3.05, 3.63) is 34.9 Å². The molecule has 2 aliphatic rings. The van der Waals surface area contributed by atoms with Crippen LogP contribution in [0.1, 0.15) is 45.2 Å². The van der Waals surface area contributed by atoms with Crippen LogP contribution in [0.15, 0.2) is 24.3 Å². The summed E-state index contributed by atoms with van der Waals surface area (Å²) in [7, 11) is 0. The van der Waals surface area contributed by atoms with E-state index < -0.39 is 0 Å². The zero-order valence-corrected chi connectivity index (χ0v) is 13.3. The van der Waals surface area contributed by atoms with Crippen molar-refractivity contribution in [2.75, 3.05) is 6.61 Å². The van der Waals surface area contributed by atoms with Gasteiger partial charge in [-0.2, -0.15) is 0 Å². The van der Waals surface area contributed by atoms with E-state index in [-0.39, 0.29) is 5.41 Å². The van der Waals surface area contributed by atoms with Gasteiger partial charge >= 0.3 is 0 Å². The van der Waals surface area contributed by atoms with E-state index in [1.807, 2.05) is 12.1 Å². The standard InChI is InChI=1S/C17H24ClNO/c1-11(12-6-4-7-13(18)10-12)19-15-14-8-5-9-20-16(14)17(15,2)3/h4,6-7,10-11,14-16,19H,5,8-9H2,1-3H3/t11-,14?,15?,16?/m1/s1. The van der Waals surface area contributed by atoms with Crippen LogP contribution < -0.4 is 5.32 Å². The normalized spacial score (nSPS) is 33.1. The molecule has 2 nitrogen and oxygen atoms in total. The molecule has 3 heteroatoms. The van der Waals surface area contributed by atoms with Gasteiger partial charge in [-0.3, -0.25) is 0 Å². The van der Waals surface area contributed by atoms with E-state index in [0.717, 1.165) is 11.6 Å². The summed E-state index contributed by atoms with van der Waals surface area (Å²) >= 11 is 6.09. The van der Waals surface area contributed by atoms with Crippen LogP contribution in [0.5, 0.6) is 0 Å². The van der Waals surface area contributed by atoms with Crippen LogP contribution in [0, 0.1) is 11.3 Å². The molecule has 1 aliphatic carbocycles. The zero-order valence-electron chi connectivity index (χ0n) is 12.5. The average Bonchev–Trinajstić information content (AvgIpc) is 2.44.